The van der Waals surface area contributed by atoms with Gasteiger partial charge in [0, 0.05) is 36.1 Å². The largest absolute Gasteiger partial charge is 0.495 e. The van der Waals surface area contributed by atoms with E-state index in [1.54, 1.807) is 31.8 Å². The SMILES string of the molecule is COc1cncc(-c2ccc3[nH]nc(-c4nc5c(-c6cc(F)cc(OCCN(C)C)c6)ccnc5[nH]4)c3n2)c1. The second-order valence-corrected chi connectivity index (χ2v) is 9.25. The molecule has 0 spiro atoms. The number of benzene rings is 1. The molecule has 1 aromatic carbocycles. The fraction of sp³-hybridized carbons (Fsp3) is 0.179. The van der Waals surface area contributed by atoms with Crippen LogP contribution in [0, 0.1) is 5.82 Å². The number of hydrogen-bond donors (Lipinski definition) is 2. The number of rotatable bonds is 8. The molecule has 0 atom stereocenters. The Hall–Kier alpha value is -4.90. The van der Waals surface area contributed by atoms with Crippen LogP contribution in [0.2, 0.25) is 0 Å². The quantitative estimate of drug-likeness (QED) is 0.294. The summed E-state index contributed by atoms with van der Waals surface area (Å²) in [7, 11) is 5.51. The zero-order valence-electron chi connectivity index (χ0n) is 21.6. The minimum atomic E-state index is -0.393. The number of halogens is 1. The first kappa shape index (κ1) is 24.4. The van der Waals surface area contributed by atoms with Crippen molar-refractivity contribution in [1.82, 2.24) is 40.0 Å². The minimum absolute atomic E-state index is 0.393. The summed E-state index contributed by atoms with van der Waals surface area (Å²) in [5.41, 5.74) is 5.95. The van der Waals surface area contributed by atoms with Gasteiger partial charge < -0.3 is 19.4 Å². The second-order valence-electron chi connectivity index (χ2n) is 9.25. The summed E-state index contributed by atoms with van der Waals surface area (Å²) >= 11 is 0. The molecule has 5 heterocycles. The number of ether oxygens (including phenoxy) is 2. The van der Waals surface area contributed by atoms with Crippen molar-refractivity contribution in [3.05, 3.63) is 66.9 Å². The Morgan fingerprint density at radius 1 is 0.949 bits per heavy atom. The number of H-pyrrole nitrogens is 2. The second kappa shape index (κ2) is 10.1. The molecule has 0 radical (unpaired) electrons. The minimum Gasteiger partial charge on any atom is -0.495 e. The van der Waals surface area contributed by atoms with E-state index in [-0.39, 0.29) is 0 Å². The maximum Gasteiger partial charge on any atom is 0.162 e. The highest BCUT2D eigenvalue weighted by Gasteiger charge is 2.18. The highest BCUT2D eigenvalue weighted by atomic mass is 19.1. The molecular weight excluding hydrogens is 499 g/mol. The Bertz CT molecular complexity index is 1800. The summed E-state index contributed by atoms with van der Waals surface area (Å²) in [5.74, 6) is 1.19. The molecule has 0 unspecified atom stereocenters. The number of methoxy groups -OCH3 is 1. The molecule has 196 valence electrons. The van der Waals surface area contributed by atoms with Crippen LogP contribution in [0.5, 0.6) is 11.5 Å². The van der Waals surface area contributed by atoms with Gasteiger partial charge in [-0.05, 0) is 56.1 Å². The molecule has 0 fully saturated rings. The summed E-state index contributed by atoms with van der Waals surface area (Å²) in [4.78, 5) is 23.6. The van der Waals surface area contributed by atoms with Crippen LogP contribution in [0.4, 0.5) is 4.39 Å². The highest BCUT2D eigenvalue weighted by molar-refractivity contribution is 5.95. The van der Waals surface area contributed by atoms with Crippen molar-refractivity contribution in [1.29, 1.82) is 0 Å². The first-order valence-electron chi connectivity index (χ1n) is 12.3. The molecule has 10 nitrogen and oxygen atoms in total. The Kier molecular flexibility index (Phi) is 6.33. The molecule has 6 rings (SSSR count). The Balaban J connectivity index is 1.40. The van der Waals surface area contributed by atoms with Crippen molar-refractivity contribution in [3.63, 3.8) is 0 Å². The summed E-state index contributed by atoms with van der Waals surface area (Å²) in [6, 6.07) is 12.1. The number of imidazole rings is 1. The Morgan fingerprint density at radius 3 is 2.67 bits per heavy atom. The molecule has 0 aliphatic heterocycles. The van der Waals surface area contributed by atoms with Gasteiger partial charge in [-0.15, -0.1) is 0 Å². The normalized spacial score (nSPS) is 11.5. The molecule has 11 heteroatoms. The lowest BCUT2D eigenvalue weighted by Crippen LogP contribution is -2.19. The number of aromatic amines is 2. The van der Waals surface area contributed by atoms with E-state index in [9.17, 15) is 4.39 Å². The number of hydrogen-bond acceptors (Lipinski definition) is 8. The molecule has 0 bridgehead atoms. The zero-order chi connectivity index (χ0) is 26.9. The van der Waals surface area contributed by atoms with Crippen LogP contribution in [0.3, 0.4) is 0 Å². The van der Waals surface area contributed by atoms with Crippen LogP contribution in [0.25, 0.3) is 56.1 Å². The van der Waals surface area contributed by atoms with Crippen molar-refractivity contribution in [2.45, 2.75) is 0 Å². The lowest BCUT2D eigenvalue weighted by molar-refractivity contribution is 0.260. The van der Waals surface area contributed by atoms with Crippen molar-refractivity contribution in [3.8, 4) is 45.4 Å². The van der Waals surface area contributed by atoms with Gasteiger partial charge in [0.15, 0.2) is 17.2 Å². The monoisotopic (exact) mass is 524 g/mol. The van der Waals surface area contributed by atoms with Crippen molar-refractivity contribution >= 4 is 22.2 Å². The molecule has 0 saturated heterocycles. The van der Waals surface area contributed by atoms with Crippen LogP contribution < -0.4 is 9.47 Å². The van der Waals surface area contributed by atoms with Crippen molar-refractivity contribution in [2.24, 2.45) is 0 Å². The fourth-order valence-corrected chi connectivity index (χ4v) is 4.30. The molecule has 0 aliphatic rings. The molecule has 0 saturated carbocycles. The third kappa shape index (κ3) is 4.87. The molecular formula is C28H25FN8O2. The molecule has 39 heavy (non-hydrogen) atoms. The topological polar surface area (TPSA) is 118 Å². The Morgan fingerprint density at radius 2 is 1.82 bits per heavy atom. The number of pyridine rings is 3. The predicted molar refractivity (Wildman–Crippen MR) is 146 cm³/mol. The zero-order valence-corrected chi connectivity index (χ0v) is 21.6. The van der Waals surface area contributed by atoms with Gasteiger partial charge >= 0.3 is 0 Å². The lowest BCUT2D eigenvalue weighted by Gasteiger charge is -2.12. The van der Waals surface area contributed by atoms with Gasteiger partial charge in [0.1, 0.15) is 35.0 Å². The van der Waals surface area contributed by atoms with Crippen molar-refractivity contribution < 1.29 is 13.9 Å². The smallest absolute Gasteiger partial charge is 0.162 e. The summed E-state index contributed by atoms with van der Waals surface area (Å²) < 4.78 is 25.6. The van der Waals surface area contributed by atoms with E-state index in [4.69, 9.17) is 19.4 Å². The average Bonchev–Trinajstić information content (AvgIpc) is 3.56. The van der Waals surface area contributed by atoms with Crippen LogP contribution >= 0.6 is 0 Å². The summed E-state index contributed by atoms with van der Waals surface area (Å²) in [5, 5.41) is 7.49. The standard InChI is InChI=1S/C28H25FN8O2/c1-37(2)8-9-39-19-11-16(10-18(29)13-19)21-6-7-31-27-24(21)33-28(34-27)26-25-23(35-36-26)5-4-22(32-25)17-12-20(38-3)15-30-14-17/h4-7,10-15H,8-9H2,1-3H3,(H,35,36)(H,31,33,34). The lowest BCUT2D eigenvalue weighted by atomic mass is 10.1. The van der Waals surface area contributed by atoms with E-state index in [0.29, 0.717) is 57.6 Å². The number of likely N-dealkylation sites (N-methyl/N-ethyl adjacent to an activating group) is 1. The number of nitrogens with zero attached hydrogens (tertiary/aromatic N) is 6. The average molecular weight is 525 g/mol. The van der Waals surface area contributed by atoms with Gasteiger partial charge in [-0.25, -0.2) is 19.3 Å². The number of aromatic nitrogens is 7. The first-order valence-corrected chi connectivity index (χ1v) is 12.3. The number of nitrogens with one attached hydrogen (secondary N) is 2. The summed E-state index contributed by atoms with van der Waals surface area (Å²) in [6.07, 6.45) is 5.03. The first-order chi connectivity index (χ1) is 19.0. The van der Waals surface area contributed by atoms with Gasteiger partial charge in [0.25, 0.3) is 0 Å². The Labute approximate surface area is 222 Å². The van der Waals surface area contributed by atoms with Gasteiger partial charge in [-0.3, -0.25) is 10.1 Å². The third-order valence-electron chi connectivity index (χ3n) is 6.25. The molecule has 5 aromatic heterocycles. The molecule has 0 aliphatic carbocycles. The van der Waals surface area contributed by atoms with E-state index >= 15 is 0 Å². The fourth-order valence-electron chi connectivity index (χ4n) is 4.30. The molecule has 2 N–H and O–H groups in total. The summed E-state index contributed by atoms with van der Waals surface area (Å²) in [6.45, 7) is 1.16. The van der Waals surface area contributed by atoms with Crippen LogP contribution in [0.1, 0.15) is 0 Å². The van der Waals surface area contributed by atoms with E-state index in [2.05, 4.69) is 25.1 Å². The molecule has 0 amide bonds. The van der Waals surface area contributed by atoms with E-state index in [1.807, 2.05) is 43.3 Å². The van der Waals surface area contributed by atoms with Crippen LogP contribution in [0.15, 0.2) is 61.1 Å². The van der Waals surface area contributed by atoms with E-state index < -0.39 is 5.82 Å². The van der Waals surface area contributed by atoms with Crippen LogP contribution in [-0.2, 0) is 0 Å². The highest BCUT2D eigenvalue weighted by Crippen LogP contribution is 2.33. The van der Waals surface area contributed by atoms with Gasteiger partial charge in [0.2, 0.25) is 0 Å². The van der Waals surface area contributed by atoms with Gasteiger partial charge in [-0.2, -0.15) is 5.10 Å². The van der Waals surface area contributed by atoms with E-state index in [1.165, 1.54) is 12.1 Å². The molecule has 6 aromatic rings. The number of fused-ring (bicyclic) bond motifs is 2. The van der Waals surface area contributed by atoms with Gasteiger partial charge in [-0.1, -0.05) is 0 Å². The maximum atomic E-state index is 14.6. The van der Waals surface area contributed by atoms with Gasteiger partial charge in [0.05, 0.1) is 24.5 Å². The maximum absolute atomic E-state index is 14.6. The predicted octanol–water partition coefficient (Wildman–Crippen LogP) is 4.71. The van der Waals surface area contributed by atoms with Crippen molar-refractivity contribution in [2.75, 3.05) is 34.4 Å². The third-order valence-corrected chi connectivity index (χ3v) is 6.25. The van der Waals surface area contributed by atoms with E-state index in [0.717, 1.165) is 23.2 Å². The van der Waals surface area contributed by atoms with Crippen LogP contribution in [-0.4, -0.2) is 74.4 Å².